The van der Waals surface area contributed by atoms with Crippen LogP contribution in [-0.2, 0) is 0 Å². The fourth-order valence-electron chi connectivity index (χ4n) is 4.74. The van der Waals surface area contributed by atoms with E-state index in [0.29, 0.717) is 25.3 Å². The first-order valence-electron chi connectivity index (χ1n) is 14.6. The average molecular weight is 545 g/mol. The number of hydrogen-bond donors (Lipinski definition) is 0. The molecule has 0 aliphatic carbocycles. The molecule has 0 spiro atoms. The van der Waals surface area contributed by atoms with Crippen molar-refractivity contribution in [3.8, 4) is 30.4 Å². The van der Waals surface area contributed by atoms with Gasteiger partial charge in [0.25, 0.3) is 0 Å². The van der Waals surface area contributed by atoms with Crippen molar-refractivity contribution in [1.82, 2.24) is 0 Å². The largest absolute Gasteiger partial charge is 0.494 e. The number of terminal acetylenes is 2. The van der Waals surface area contributed by atoms with Crippen molar-refractivity contribution in [2.75, 3.05) is 31.1 Å². The number of nitro groups is 1. The van der Waals surface area contributed by atoms with E-state index < -0.39 is 5.92 Å². The molecule has 6 heteroatoms. The summed E-state index contributed by atoms with van der Waals surface area (Å²) in [6, 6.07) is 14.4. The fraction of sp³-hybridized carbons (Fsp3) is 0.500. The standard InChI is InChI=1S/C34H44N2O4/c1-4-7-8-9-10-11-12-13-14-15-26-40-33-22-18-29(19-23-33)31(28-36(38)39)27-34(37)30-16-20-32(21-17-30)35(24-5-2)25-6-3/h2-3,16-23,31H,4,7-15,24-28H2,1H3. The van der Waals surface area contributed by atoms with Gasteiger partial charge in [-0.3, -0.25) is 14.9 Å². The van der Waals surface area contributed by atoms with Crippen molar-refractivity contribution < 1.29 is 14.5 Å². The van der Waals surface area contributed by atoms with Crippen LogP contribution in [0.15, 0.2) is 48.5 Å². The highest BCUT2D eigenvalue weighted by atomic mass is 16.6. The van der Waals surface area contributed by atoms with Crippen molar-refractivity contribution in [2.45, 2.75) is 83.5 Å². The molecule has 0 fully saturated rings. The second-order valence-electron chi connectivity index (χ2n) is 10.3. The molecule has 0 amide bonds. The molecular weight excluding hydrogens is 500 g/mol. The van der Waals surface area contributed by atoms with E-state index in [1.165, 1.54) is 51.4 Å². The molecule has 214 valence electrons. The molecule has 40 heavy (non-hydrogen) atoms. The summed E-state index contributed by atoms with van der Waals surface area (Å²) in [5.41, 5.74) is 2.07. The van der Waals surface area contributed by atoms with Gasteiger partial charge in [-0.05, 0) is 48.4 Å². The summed E-state index contributed by atoms with van der Waals surface area (Å²) in [4.78, 5) is 25.9. The van der Waals surface area contributed by atoms with Crippen LogP contribution >= 0.6 is 0 Å². The Kier molecular flexibility index (Phi) is 15.7. The summed E-state index contributed by atoms with van der Waals surface area (Å²) < 4.78 is 5.88. The van der Waals surface area contributed by atoms with Gasteiger partial charge in [0.15, 0.2) is 5.78 Å². The normalized spacial score (nSPS) is 11.3. The van der Waals surface area contributed by atoms with E-state index in [1.807, 2.05) is 29.2 Å². The zero-order chi connectivity index (χ0) is 29.0. The summed E-state index contributed by atoms with van der Waals surface area (Å²) in [7, 11) is 0. The Hall–Kier alpha value is -3.77. The van der Waals surface area contributed by atoms with Gasteiger partial charge >= 0.3 is 0 Å². The number of carbonyl (C=O) groups is 1. The summed E-state index contributed by atoms with van der Waals surface area (Å²) in [6.07, 6.45) is 23.6. The number of anilines is 1. The number of rotatable bonds is 21. The molecule has 0 aromatic heterocycles. The van der Waals surface area contributed by atoms with Crippen LogP contribution in [0.3, 0.4) is 0 Å². The van der Waals surface area contributed by atoms with Gasteiger partial charge < -0.3 is 9.64 Å². The average Bonchev–Trinajstić information content (AvgIpc) is 2.95. The third kappa shape index (κ3) is 12.4. The Balaban J connectivity index is 1.84. The van der Waals surface area contributed by atoms with Crippen LogP contribution < -0.4 is 9.64 Å². The van der Waals surface area contributed by atoms with Crippen molar-refractivity contribution in [2.24, 2.45) is 0 Å². The zero-order valence-electron chi connectivity index (χ0n) is 24.0. The summed E-state index contributed by atoms with van der Waals surface area (Å²) in [5, 5.41) is 11.4. The highest BCUT2D eigenvalue weighted by Crippen LogP contribution is 2.26. The van der Waals surface area contributed by atoms with E-state index in [9.17, 15) is 14.9 Å². The zero-order valence-corrected chi connectivity index (χ0v) is 24.0. The van der Waals surface area contributed by atoms with E-state index in [-0.39, 0.29) is 23.7 Å². The monoisotopic (exact) mass is 544 g/mol. The Morgan fingerprint density at radius 2 is 1.43 bits per heavy atom. The molecule has 0 aliphatic heterocycles. The minimum atomic E-state index is -0.530. The first-order chi connectivity index (χ1) is 19.5. The van der Waals surface area contributed by atoms with Crippen LogP contribution in [0, 0.1) is 34.8 Å². The molecule has 0 saturated carbocycles. The predicted octanol–water partition coefficient (Wildman–Crippen LogP) is 7.69. The third-order valence-corrected chi connectivity index (χ3v) is 7.04. The third-order valence-electron chi connectivity index (χ3n) is 7.04. The van der Waals surface area contributed by atoms with Gasteiger partial charge in [0, 0.05) is 22.6 Å². The summed E-state index contributed by atoms with van der Waals surface area (Å²) in [6.45, 7) is 3.31. The van der Waals surface area contributed by atoms with Crippen molar-refractivity contribution >= 4 is 11.5 Å². The lowest BCUT2D eigenvalue weighted by Gasteiger charge is -2.20. The maximum Gasteiger partial charge on any atom is 0.211 e. The molecule has 0 heterocycles. The summed E-state index contributed by atoms with van der Waals surface area (Å²) in [5.74, 6) is 5.21. The summed E-state index contributed by atoms with van der Waals surface area (Å²) >= 11 is 0. The molecule has 0 radical (unpaired) electrons. The SMILES string of the molecule is C#CCN(CC#C)c1ccc(C(=O)CC(C[N+](=O)[O-])c2ccc(OCCCCCCCCCCCC)cc2)cc1. The predicted molar refractivity (Wildman–Crippen MR) is 164 cm³/mol. The second-order valence-corrected chi connectivity index (χ2v) is 10.3. The number of ether oxygens (including phenoxy) is 1. The molecule has 2 aromatic rings. The molecule has 2 aromatic carbocycles. The van der Waals surface area contributed by atoms with Crippen LogP contribution in [0.4, 0.5) is 5.69 Å². The molecular formula is C34H44N2O4. The number of hydrogen-bond acceptors (Lipinski definition) is 5. The Bertz CT molecular complexity index is 1080. The highest BCUT2D eigenvalue weighted by molar-refractivity contribution is 5.96. The number of carbonyl (C=O) groups excluding carboxylic acids is 1. The highest BCUT2D eigenvalue weighted by Gasteiger charge is 2.22. The maximum atomic E-state index is 13.0. The van der Waals surface area contributed by atoms with Crippen LogP contribution in [-0.4, -0.2) is 36.9 Å². The topological polar surface area (TPSA) is 72.7 Å². The molecule has 0 bridgehead atoms. The van der Waals surface area contributed by atoms with Gasteiger partial charge in [-0.2, -0.15) is 0 Å². The number of nitrogens with zero attached hydrogens (tertiary/aromatic N) is 2. The second kappa shape index (κ2) is 19.3. The number of ketones is 1. The fourth-order valence-corrected chi connectivity index (χ4v) is 4.74. The molecule has 2 rings (SSSR count). The molecule has 0 saturated heterocycles. The van der Waals surface area contributed by atoms with Gasteiger partial charge in [0.2, 0.25) is 6.54 Å². The lowest BCUT2D eigenvalue weighted by atomic mass is 9.91. The van der Waals surface area contributed by atoms with Crippen LogP contribution in [0.2, 0.25) is 0 Å². The van der Waals surface area contributed by atoms with Gasteiger partial charge in [-0.15, -0.1) is 12.8 Å². The van der Waals surface area contributed by atoms with Gasteiger partial charge in [0.05, 0.1) is 25.6 Å². The van der Waals surface area contributed by atoms with Crippen molar-refractivity contribution in [1.29, 1.82) is 0 Å². The maximum absolute atomic E-state index is 13.0. The number of Topliss-reactive ketones (excluding diaryl/α,β-unsaturated/α-hetero) is 1. The molecule has 1 atom stereocenters. The van der Waals surface area contributed by atoms with Crippen LogP contribution in [0.5, 0.6) is 5.75 Å². The Labute approximate surface area is 240 Å². The minimum Gasteiger partial charge on any atom is -0.494 e. The van der Waals surface area contributed by atoms with Gasteiger partial charge in [0.1, 0.15) is 5.75 Å². The van der Waals surface area contributed by atoms with Gasteiger partial charge in [-0.1, -0.05) is 88.7 Å². The van der Waals surface area contributed by atoms with E-state index in [2.05, 4.69) is 18.8 Å². The van der Waals surface area contributed by atoms with Crippen molar-refractivity contribution in [3.63, 3.8) is 0 Å². The number of benzene rings is 2. The smallest absolute Gasteiger partial charge is 0.211 e. The van der Waals surface area contributed by atoms with E-state index in [0.717, 1.165) is 29.8 Å². The van der Waals surface area contributed by atoms with Crippen molar-refractivity contribution in [3.05, 3.63) is 69.8 Å². The van der Waals surface area contributed by atoms with Gasteiger partial charge in [-0.25, -0.2) is 0 Å². The Morgan fingerprint density at radius 1 is 0.875 bits per heavy atom. The minimum absolute atomic E-state index is 0.0392. The van der Waals surface area contributed by atoms with E-state index in [4.69, 9.17) is 17.6 Å². The molecule has 1 unspecified atom stereocenters. The Morgan fingerprint density at radius 3 is 1.95 bits per heavy atom. The van der Waals surface area contributed by atoms with E-state index in [1.54, 1.807) is 24.3 Å². The molecule has 0 aliphatic rings. The van der Waals surface area contributed by atoms with E-state index >= 15 is 0 Å². The molecule has 0 N–H and O–H groups in total. The van der Waals surface area contributed by atoms with Crippen LogP contribution in [0.25, 0.3) is 0 Å². The first kappa shape index (κ1) is 32.4. The lowest BCUT2D eigenvalue weighted by molar-refractivity contribution is -0.483. The number of unbranched alkanes of at least 4 members (excludes halogenated alkanes) is 9. The lowest BCUT2D eigenvalue weighted by Crippen LogP contribution is -2.23. The quantitative estimate of drug-likeness (QED) is 0.0529. The first-order valence-corrected chi connectivity index (χ1v) is 14.6. The molecule has 6 nitrogen and oxygen atoms in total. The van der Waals surface area contributed by atoms with Crippen LogP contribution in [0.1, 0.15) is 99.4 Å².